The number of phenolic OH excluding ortho intramolecular Hbond substituents is 1. The first-order valence-electron chi connectivity index (χ1n) is 9.85. The summed E-state index contributed by atoms with van der Waals surface area (Å²) in [5, 5.41) is 28.9. The zero-order valence-corrected chi connectivity index (χ0v) is 18.8. The first-order valence-corrected chi connectivity index (χ1v) is 11.1. The predicted octanol–water partition coefficient (Wildman–Crippen LogP) is 5.74. The van der Waals surface area contributed by atoms with Crippen LogP contribution in [0.25, 0.3) is 22.4 Å². The van der Waals surface area contributed by atoms with Gasteiger partial charge in [0.25, 0.3) is 0 Å². The SMILES string of the molecule is O=[N+]([O-])c1cc(Cl)cc(C=Nn2c(-c3cc4ccccc4o3)csc2=Nc2cccnc2)c1O. The number of aromatic nitrogens is 2. The van der Waals surface area contributed by atoms with Crippen LogP contribution in [-0.2, 0) is 0 Å². The van der Waals surface area contributed by atoms with Gasteiger partial charge in [0.2, 0.25) is 10.6 Å². The van der Waals surface area contributed by atoms with Crippen LogP contribution >= 0.6 is 22.9 Å². The van der Waals surface area contributed by atoms with Gasteiger partial charge in [0, 0.05) is 33.6 Å². The Morgan fingerprint density at radius 2 is 2.06 bits per heavy atom. The highest BCUT2D eigenvalue weighted by Gasteiger charge is 2.18. The van der Waals surface area contributed by atoms with Crippen molar-refractivity contribution >= 4 is 51.5 Å². The number of hydrogen-bond donors (Lipinski definition) is 1. The van der Waals surface area contributed by atoms with Crippen molar-refractivity contribution in [3.8, 4) is 17.2 Å². The number of furan rings is 1. The lowest BCUT2D eigenvalue weighted by molar-refractivity contribution is -0.385. The number of rotatable bonds is 5. The largest absolute Gasteiger partial charge is 0.502 e. The molecule has 5 aromatic rings. The van der Waals surface area contributed by atoms with Crippen molar-refractivity contribution in [1.29, 1.82) is 0 Å². The number of nitrogens with zero attached hydrogens (tertiary/aromatic N) is 5. The Kier molecular flexibility index (Phi) is 5.66. The molecule has 3 heterocycles. The summed E-state index contributed by atoms with van der Waals surface area (Å²) in [4.78, 5) is 19.7. The number of fused-ring (bicyclic) bond motifs is 1. The summed E-state index contributed by atoms with van der Waals surface area (Å²) in [6, 6.07) is 15.5. The van der Waals surface area contributed by atoms with Crippen molar-refractivity contribution < 1.29 is 14.4 Å². The molecule has 0 amide bonds. The second kappa shape index (κ2) is 8.93. The second-order valence-corrected chi connectivity index (χ2v) is 8.32. The number of benzene rings is 2. The van der Waals surface area contributed by atoms with Crippen LogP contribution < -0.4 is 4.80 Å². The van der Waals surface area contributed by atoms with Crippen LogP contribution in [0.4, 0.5) is 11.4 Å². The fraction of sp³-hybridized carbons (Fsp3) is 0. The van der Waals surface area contributed by atoms with E-state index < -0.39 is 16.4 Å². The number of aromatic hydroxyl groups is 1. The standard InChI is InChI=1S/C23H14ClN5O4S/c24-16-8-15(22(30)18(10-16)29(31)32)11-26-28-19(21-9-14-4-1-2-6-20(14)33-21)13-34-23(28)27-17-5-3-7-25-12-17/h1-13,30H. The Hall–Kier alpha value is -4.28. The van der Waals surface area contributed by atoms with Gasteiger partial charge in [-0.25, -0.2) is 9.67 Å². The molecule has 0 fully saturated rings. The van der Waals surface area contributed by atoms with Crippen LogP contribution in [0.15, 0.2) is 86.9 Å². The molecular weight excluding hydrogens is 478 g/mol. The van der Waals surface area contributed by atoms with E-state index in [1.54, 1.807) is 24.5 Å². The first-order chi connectivity index (χ1) is 16.5. The highest BCUT2D eigenvalue weighted by atomic mass is 35.5. The van der Waals surface area contributed by atoms with Gasteiger partial charge in [-0.2, -0.15) is 5.10 Å². The van der Waals surface area contributed by atoms with E-state index in [2.05, 4.69) is 15.1 Å². The molecule has 0 saturated carbocycles. The van der Waals surface area contributed by atoms with E-state index in [4.69, 9.17) is 16.0 Å². The van der Waals surface area contributed by atoms with E-state index in [1.807, 2.05) is 35.7 Å². The molecule has 0 unspecified atom stereocenters. The Morgan fingerprint density at radius 1 is 1.21 bits per heavy atom. The highest BCUT2D eigenvalue weighted by molar-refractivity contribution is 7.07. The first kappa shape index (κ1) is 21.6. The second-order valence-electron chi connectivity index (χ2n) is 7.05. The molecule has 168 valence electrons. The van der Waals surface area contributed by atoms with Crippen molar-refractivity contribution in [2.24, 2.45) is 10.1 Å². The van der Waals surface area contributed by atoms with Crippen LogP contribution in [0.1, 0.15) is 5.56 Å². The summed E-state index contributed by atoms with van der Waals surface area (Å²) in [6.07, 6.45) is 4.55. The van der Waals surface area contributed by atoms with Gasteiger partial charge >= 0.3 is 5.69 Å². The molecule has 0 radical (unpaired) electrons. The summed E-state index contributed by atoms with van der Waals surface area (Å²) in [5.41, 5.74) is 1.51. The summed E-state index contributed by atoms with van der Waals surface area (Å²) in [7, 11) is 0. The molecule has 1 N–H and O–H groups in total. The molecule has 0 saturated heterocycles. The molecule has 3 aromatic heterocycles. The third kappa shape index (κ3) is 4.19. The van der Waals surface area contributed by atoms with Gasteiger partial charge in [0.05, 0.1) is 23.0 Å². The number of pyridine rings is 1. The summed E-state index contributed by atoms with van der Waals surface area (Å²) in [6.45, 7) is 0. The van der Waals surface area contributed by atoms with Gasteiger partial charge in [-0.1, -0.05) is 29.8 Å². The van der Waals surface area contributed by atoms with Gasteiger partial charge in [0.1, 0.15) is 11.3 Å². The predicted molar refractivity (Wildman–Crippen MR) is 130 cm³/mol. The lowest BCUT2D eigenvalue weighted by Crippen LogP contribution is -2.11. The average Bonchev–Trinajstić information content (AvgIpc) is 3.43. The summed E-state index contributed by atoms with van der Waals surface area (Å²) in [5.74, 6) is 0.0218. The number of nitro benzene ring substituents is 1. The summed E-state index contributed by atoms with van der Waals surface area (Å²) >= 11 is 7.34. The van der Waals surface area contributed by atoms with Crippen molar-refractivity contribution in [3.05, 3.63) is 97.9 Å². The number of para-hydroxylation sites is 1. The van der Waals surface area contributed by atoms with Crippen LogP contribution in [0.2, 0.25) is 5.02 Å². The number of thiazole rings is 1. The number of halogens is 1. The Labute approximate surface area is 200 Å². The van der Waals surface area contributed by atoms with Crippen molar-refractivity contribution in [1.82, 2.24) is 9.66 Å². The van der Waals surface area contributed by atoms with Gasteiger partial charge in [-0.15, -0.1) is 11.3 Å². The third-order valence-electron chi connectivity index (χ3n) is 4.83. The van der Waals surface area contributed by atoms with Crippen molar-refractivity contribution in [3.63, 3.8) is 0 Å². The van der Waals surface area contributed by atoms with Gasteiger partial charge < -0.3 is 9.52 Å². The number of phenols is 1. The fourth-order valence-electron chi connectivity index (χ4n) is 3.26. The van der Waals surface area contributed by atoms with Crippen molar-refractivity contribution in [2.45, 2.75) is 0 Å². The van der Waals surface area contributed by atoms with E-state index in [1.165, 1.54) is 28.3 Å². The maximum Gasteiger partial charge on any atom is 0.312 e. The third-order valence-corrected chi connectivity index (χ3v) is 5.86. The van der Waals surface area contributed by atoms with Crippen LogP contribution in [0.3, 0.4) is 0 Å². The number of nitro groups is 1. The Balaban J connectivity index is 1.68. The van der Waals surface area contributed by atoms with E-state index in [0.29, 0.717) is 27.5 Å². The Bertz CT molecular complexity index is 1590. The topological polar surface area (TPSA) is 119 Å². The zero-order chi connectivity index (χ0) is 23.7. The van der Waals surface area contributed by atoms with E-state index in [-0.39, 0.29) is 10.6 Å². The smallest absolute Gasteiger partial charge is 0.312 e. The minimum absolute atomic E-state index is 0.0841. The molecule has 0 spiro atoms. The normalized spacial score (nSPS) is 12.1. The highest BCUT2D eigenvalue weighted by Crippen LogP contribution is 2.33. The maximum absolute atomic E-state index is 11.2. The van der Waals surface area contributed by atoms with E-state index in [9.17, 15) is 15.2 Å². The van der Waals surface area contributed by atoms with Crippen LogP contribution in [0, 0.1) is 10.1 Å². The van der Waals surface area contributed by atoms with Gasteiger partial charge in [-0.05, 0) is 30.3 Å². The van der Waals surface area contributed by atoms with Gasteiger partial charge in [0.15, 0.2) is 5.76 Å². The quantitative estimate of drug-likeness (QED) is 0.191. The lowest BCUT2D eigenvalue weighted by atomic mass is 10.2. The molecule has 0 aliphatic heterocycles. The van der Waals surface area contributed by atoms with Crippen LogP contribution in [-0.4, -0.2) is 25.9 Å². The van der Waals surface area contributed by atoms with Gasteiger partial charge in [-0.3, -0.25) is 15.1 Å². The minimum atomic E-state index is -0.709. The molecule has 0 atom stereocenters. The minimum Gasteiger partial charge on any atom is -0.502 e. The fourth-order valence-corrected chi connectivity index (χ4v) is 4.32. The molecule has 0 bridgehead atoms. The molecular formula is C23H14ClN5O4S. The van der Waals surface area contributed by atoms with Crippen molar-refractivity contribution in [2.75, 3.05) is 0 Å². The molecule has 0 aliphatic carbocycles. The lowest BCUT2D eigenvalue weighted by Gasteiger charge is -2.03. The molecule has 0 aliphatic rings. The van der Waals surface area contributed by atoms with Crippen LogP contribution in [0.5, 0.6) is 5.75 Å². The Morgan fingerprint density at radius 3 is 2.82 bits per heavy atom. The van der Waals surface area contributed by atoms with E-state index in [0.717, 1.165) is 11.5 Å². The molecule has 9 nitrogen and oxygen atoms in total. The molecule has 11 heteroatoms. The summed E-state index contributed by atoms with van der Waals surface area (Å²) < 4.78 is 7.53. The average molecular weight is 492 g/mol. The molecule has 34 heavy (non-hydrogen) atoms. The zero-order valence-electron chi connectivity index (χ0n) is 17.2. The number of hydrogen-bond acceptors (Lipinski definition) is 8. The molecule has 2 aromatic carbocycles. The van der Waals surface area contributed by atoms with E-state index >= 15 is 0 Å². The molecule has 5 rings (SSSR count). The maximum atomic E-state index is 11.2. The monoisotopic (exact) mass is 491 g/mol.